The van der Waals surface area contributed by atoms with Gasteiger partial charge in [0.25, 0.3) is 6.71 Å². The van der Waals surface area contributed by atoms with Gasteiger partial charge < -0.3 is 9.47 Å². The standard InChI is InChI=1S/C42H28BNO2/c1-27-19-35(26-44-25-27)31-14-8-13-30(20-31)33-16-18-37-39(22-33)46-41-24-34(29-11-6-3-7-12-29)23-40-42(41)43(37)36-17-15-32(21-38(36)45-40)28-9-4-2-5-10-28/h2-26H,1H3. The molecule has 0 saturated heterocycles. The zero-order valence-corrected chi connectivity index (χ0v) is 25.3. The summed E-state index contributed by atoms with van der Waals surface area (Å²) in [4.78, 5) is 4.41. The molecular formula is C42H28BNO2. The van der Waals surface area contributed by atoms with E-state index in [0.717, 1.165) is 83.9 Å². The van der Waals surface area contributed by atoms with E-state index in [9.17, 15) is 0 Å². The van der Waals surface area contributed by atoms with E-state index in [2.05, 4.69) is 139 Å². The SMILES string of the molecule is Cc1cncc(-c2cccc(-c3ccc4c(c3)Oc3cc(-c5ccccc5)cc5c3B4c3ccc(-c4ccccc4)cc3O5)c2)c1. The fourth-order valence-electron chi connectivity index (χ4n) is 6.87. The van der Waals surface area contributed by atoms with Gasteiger partial charge in [-0.2, -0.15) is 0 Å². The van der Waals surface area contributed by atoms with E-state index >= 15 is 0 Å². The van der Waals surface area contributed by atoms with E-state index in [1.165, 1.54) is 5.56 Å². The Kier molecular flexibility index (Phi) is 6.14. The lowest BCUT2D eigenvalue weighted by Gasteiger charge is -2.34. The maximum atomic E-state index is 6.80. The molecule has 0 spiro atoms. The number of hydrogen-bond acceptors (Lipinski definition) is 3. The normalized spacial score (nSPS) is 12.3. The number of ether oxygens (including phenoxy) is 2. The van der Waals surface area contributed by atoms with Crippen LogP contribution in [0, 0.1) is 6.92 Å². The maximum Gasteiger partial charge on any atom is 0.260 e. The second-order valence-corrected chi connectivity index (χ2v) is 12.1. The third-order valence-electron chi connectivity index (χ3n) is 9.10. The molecule has 0 saturated carbocycles. The van der Waals surface area contributed by atoms with E-state index in [4.69, 9.17) is 9.47 Å². The molecule has 0 unspecified atom stereocenters. The van der Waals surface area contributed by atoms with Crippen LogP contribution >= 0.6 is 0 Å². The first-order chi connectivity index (χ1) is 22.7. The van der Waals surface area contributed by atoms with E-state index < -0.39 is 0 Å². The maximum absolute atomic E-state index is 6.80. The Bertz CT molecular complexity index is 2280. The number of rotatable bonds is 4. The summed E-state index contributed by atoms with van der Waals surface area (Å²) in [5, 5.41) is 0. The first-order valence-corrected chi connectivity index (χ1v) is 15.6. The molecule has 7 aromatic rings. The summed E-state index contributed by atoms with van der Waals surface area (Å²) in [6.45, 7) is 2.07. The van der Waals surface area contributed by atoms with Gasteiger partial charge >= 0.3 is 0 Å². The second-order valence-electron chi connectivity index (χ2n) is 12.1. The van der Waals surface area contributed by atoms with Gasteiger partial charge in [0.15, 0.2) is 0 Å². The molecule has 0 fully saturated rings. The topological polar surface area (TPSA) is 31.4 Å². The monoisotopic (exact) mass is 589 g/mol. The summed E-state index contributed by atoms with van der Waals surface area (Å²) in [5.41, 5.74) is 13.5. The van der Waals surface area contributed by atoms with Crippen molar-refractivity contribution in [3.63, 3.8) is 0 Å². The number of nitrogens with zero attached hydrogens (tertiary/aromatic N) is 1. The molecule has 46 heavy (non-hydrogen) atoms. The lowest BCUT2D eigenvalue weighted by molar-refractivity contribution is 0.465. The minimum Gasteiger partial charge on any atom is -0.458 e. The smallest absolute Gasteiger partial charge is 0.260 e. The highest BCUT2D eigenvalue weighted by Crippen LogP contribution is 2.40. The summed E-state index contributed by atoms with van der Waals surface area (Å²) in [7, 11) is 0. The number of fused-ring (bicyclic) bond motifs is 4. The number of benzene rings is 6. The fraction of sp³-hybridized carbons (Fsp3) is 0.0238. The highest BCUT2D eigenvalue weighted by molar-refractivity contribution is 6.98. The molecule has 1 aromatic heterocycles. The molecule has 0 amide bonds. The first-order valence-electron chi connectivity index (χ1n) is 15.6. The molecule has 0 radical (unpaired) electrons. The van der Waals surface area contributed by atoms with Crippen molar-refractivity contribution < 1.29 is 9.47 Å². The summed E-state index contributed by atoms with van der Waals surface area (Å²) in [5.74, 6) is 3.43. The van der Waals surface area contributed by atoms with Crippen molar-refractivity contribution in [1.29, 1.82) is 0 Å². The lowest BCUT2D eigenvalue weighted by atomic mass is 9.34. The highest BCUT2D eigenvalue weighted by Gasteiger charge is 2.40. The molecule has 0 bridgehead atoms. The van der Waals surface area contributed by atoms with Crippen LogP contribution in [0.2, 0.25) is 0 Å². The Balaban J connectivity index is 1.19. The Morgan fingerprint density at radius 2 is 0.913 bits per heavy atom. The Labute approximate surface area is 268 Å². The van der Waals surface area contributed by atoms with Crippen molar-refractivity contribution in [2.45, 2.75) is 6.92 Å². The van der Waals surface area contributed by atoms with Gasteiger partial charge in [0.2, 0.25) is 0 Å². The Morgan fingerprint density at radius 1 is 0.413 bits per heavy atom. The van der Waals surface area contributed by atoms with E-state index in [1.807, 2.05) is 24.5 Å². The van der Waals surface area contributed by atoms with Gasteiger partial charge in [0.1, 0.15) is 23.0 Å². The van der Waals surface area contributed by atoms with Crippen LogP contribution in [-0.2, 0) is 0 Å². The van der Waals surface area contributed by atoms with Crippen LogP contribution in [0.25, 0.3) is 44.5 Å². The van der Waals surface area contributed by atoms with Gasteiger partial charge in [-0.15, -0.1) is 0 Å². The van der Waals surface area contributed by atoms with E-state index in [-0.39, 0.29) is 6.71 Å². The van der Waals surface area contributed by atoms with Gasteiger partial charge in [-0.05, 0) is 98.8 Å². The molecule has 3 nitrogen and oxygen atoms in total. The van der Waals surface area contributed by atoms with Gasteiger partial charge in [0.05, 0.1) is 0 Å². The van der Waals surface area contributed by atoms with Gasteiger partial charge in [-0.3, -0.25) is 4.98 Å². The summed E-state index contributed by atoms with van der Waals surface area (Å²) in [6, 6.07) is 49.3. The van der Waals surface area contributed by atoms with Crippen LogP contribution in [0.15, 0.2) is 152 Å². The number of aromatic nitrogens is 1. The molecule has 0 atom stereocenters. The Morgan fingerprint density at radius 3 is 1.52 bits per heavy atom. The molecule has 2 aliphatic rings. The predicted octanol–water partition coefficient (Wildman–Crippen LogP) is 8.79. The van der Waals surface area contributed by atoms with Crippen LogP contribution in [-0.4, -0.2) is 11.7 Å². The van der Waals surface area contributed by atoms with Crippen molar-refractivity contribution in [1.82, 2.24) is 4.98 Å². The fourth-order valence-corrected chi connectivity index (χ4v) is 6.87. The van der Waals surface area contributed by atoms with Gasteiger partial charge in [-0.1, -0.05) is 103 Å². The summed E-state index contributed by atoms with van der Waals surface area (Å²) in [6.07, 6.45) is 3.81. The minimum absolute atomic E-state index is 0.00843. The molecule has 2 aliphatic heterocycles. The van der Waals surface area contributed by atoms with Crippen LogP contribution in [0.4, 0.5) is 0 Å². The van der Waals surface area contributed by atoms with Crippen LogP contribution < -0.4 is 25.9 Å². The molecule has 216 valence electrons. The van der Waals surface area contributed by atoms with E-state index in [1.54, 1.807) is 0 Å². The minimum atomic E-state index is -0.00843. The molecule has 3 heterocycles. The molecule has 4 heteroatoms. The van der Waals surface area contributed by atoms with Crippen molar-refractivity contribution in [2.24, 2.45) is 0 Å². The number of hydrogen-bond donors (Lipinski definition) is 0. The largest absolute Gasteiger partial charge is 0.458 e. The molecule has 6 aromatic carbocycles. The molecule has 0 aliphatic carbocycles. The first kappa shape index (κ1) is 26.5. The van der Waals surface area contributed by atoms with Crippen molar-refractivity contribution in [2.75, 3.05) is 0 Å². The summed E-state index contributed by atoms with van der Waals surface area (Å²) >= 11 is 0. The Hall–Kier alpha value is -5.87. The van der Waals surface area contributed by atoms with Crippen molar-refractivity contribution in [3.05, 3.63) is 157 Å². The van der Waals surface area contributed by atoms with E-state index in [0.29, 0.717) is 0 Å². The molecule has 9 rings (SSSR count). The average Bonchev–Trinajstić information content (AvgIpc) is 3.11. The third kappa shape index (κ3) is 4.50. The van der Waals surface area contributed by atoms with Crippen molar-refractivity contribution >= 4 is 23.1 Å². The van der Waals surface area contributed by atoms with Crippen LogP contribution in [0.3, 0.4) is 0 Å². The van der Waals surface area contributed by atoms with Gasteiger partial charge in [0, 0.05) is 23.4 Å². The number of pyridine rings is 1. The quantitative estimate of drug-likeness (QED) is 0.192. The van der Waals surface area contributed by atoms with Crippen LogP contribution in [0.5, 0.6) is 23.0 Å². The zero-order valence-electron chi connectivity index (χ0n) is 25.3. The van der Waals surface area contributed by atoms with Gasteiger partial charge in [-0.25, -0.2) is 0 Å². The average molecular weight is 590 g/mol. The third-order valence-corrected chi connectivity index (χ3v) is 9.10. The lowest BCUT2D eigenvalue weighted by Crippen LogP contribution is -2.57. The highest BCUT2D eigenvalue weighted by atomic mass is 16.5. The van der Waals surface area contributed by atoms with Crippen molar-refractivity contribution in [3.8, 4) is 67.5 Å². The zero-order chi connectivity index (χ0) is 30.6. The molecule has 0 N–H and O–H groups in total. The predicted molar refractivity (Wildman–Crippen MR) is 188 cm³/mol. The summed E-state index contributed by atoms with van der Waals surface area (Å²) < 4.78 is 13.5. The second kappa shape index (κ2) is 10.6. The molecular weight excluding hydrogens is 561 g/mol. The van der Waals surface area contributed by atoms with Crippen LogP contribution in [0.1, 0.15) is 5.56 Å². The number of aryl methyl sites for hydroxylation is 1.